The molecule has 0 saturated carbocycles. The highest BCUT2D eigenvalue weighted by Crippen LogP contribution is 2.25. The van der Waals surface area contributed by atoms with E-state index in [1.165, 1.54) is 25.7 Å². The highest BCUT2D eigenvalue weighted by Gasteiger charge is 2.11. The van der Waals surface area contributed by atoms with Crippen LogP contribution in [0.2, 0.25) is 0 Å². The summed E-state index contributed by atoms with van der Waals surface area (Å²) in [7, 11) is 0. The molecule has 4 rings (SSSR count). The van der Waals surface area contributed by atoms with Gasteiger partial charge in [-0.1, -0.05) is 68.2 Å². The van der Waals surface area contributed by atoms with Crippen molar-refractivity contribution in [3.05, 3.63) is 82.0 Å². The fourth-order valence-corrected chi connectivity index (χ4v) is 4.17. The molecule has 0 spiro atoms. The summed E-state index contributed by atoms with van der Waals surface area (Å²) in [5.41, 5.74) is 2.89. The first kappa shape index (κ1) is 22.8. The van der Waals surface area contributed by atoms with Gasteiger partial charge in [0.25, 0.3) is 0 Å². The maximum absolute atomic E-state index is 12.5. The predicted octanol–water partition coefficient (Wildman–Crippen LogP) is 7.09. The molecule has 0 fully saturated rings. The molecule has 3 aromatic carbocycles. The molecule has 4 aromatic rings. The van der Waals surface area contributed by atoms with Crippen LogP contribution >= 0.6 is 11.3 Å². The Morgan fingerprint density at radius 2 is 1.52 bits per heavy atom. The summed E-state index contributed by atoms with van der Waals surface area (Å²) in [6, 6.07) is 20.1. The Labute approximate surface area is 196 Å². The van der Waals surface area contributed by atoms with Gasteiger partial charge in [-0.25, -0.2) is 9.59 Å². The number of benzene rings is 3. The van der Waals surface area contributed by atoms with Crippen LogP contribution < -0.4 is 14.4 Å². The van der Waals surface area contributed by atoms with Crippen LogP contribution in [0, 0.1) is 0 Å². The Kier molecular flexibility index (Phi) is 7.58. The Hall–Kier alpha value is -3.38. The number of ether oxygens (including phenoxy) is 2. The second-order valence-electron chi connectivity index (χ2n) is 7.82. The zero-order valence-electron chi connectivity index (χ0n) is 18.5. The van der Waals surface area contributed by atoms with Gasteiger partial charge in [0.2, 0.25) is 0 Å². The molecule has 0 atom stereocenters. The third-order valence-corrected chi connectivity index (χ3v) is 6.14. The van der Waals surface area contributed by atoms with Gasteiger partial charge in [0.05, 0.1) is 16.9 Å². The highest BCUT2D eigenvalue weighted by atomic mass is 32.1. The fourth-order valence-electron chi connectivity index (χ4n) is 3.52. The molecule has 0 aliphatic heterocycles. The van der Waals surface area contributed by atoms with Gasteiger partial charge in [0.1, 0.15) is 11.5 Å². The van der Waals surface area contributed by atoms with E-state index in [1.54, 1.807) is 30.3 Å². The number of hydrogen-bond acceptors (Lipinski definition) is 6. The standard InChI is InChI=1S/C27H26O5S/c1-2-3-4-5-6-17-30-22-13-11-20(12-14-22)19-7-9-21(10-8-19)26(28)31-23-15-16-25-24(18-23)32-27(29)33-25/h7-16,18H,2-6,17H2,1H3. The highest BCUT2D eigenvalue weighted by molar-refractivity contribution is 7.16. The molecule has 0 N–H and O–H groups in total. The molecule has 33 heavy (non-hydrogen) atoms. The zero-order valence-corrected chi connectivity index (χ0v) is 19.4. The Morgan fingerprint density at radius 1 is 0.848 bits per heavy atom. The smallest absolute Gasteiger partial charge is 0.396 e. The first-order valence-electron chi connectivity index (χ1n) is 11.2. The lowest BCUT2D eigenvalue weighted by atomic mass is 10.0. The van der Waals surface area contributed by atoms with Crippen molar-refractivity contribution in [1.29, 1.82) is 0 Å². The first-order chi connectivity index (χ1) is 16.1. The molecule has 0 amide bonds. The van der Waals surface area contributed by atoms with Crippen LogP contribution in [0.15, 0.2) is 75.9 Å². The van der Waals surface area contributed by atoms with Crippen molar-refractivity contribution in [3.63, 3.8) is 0 Å². The summed E-state index contributed by atoms with van der Waals surface area (Å²) in [6.45, 7) is 2.96. The van der Waals surface area contributed by atoms with Crippen molar-refractivity contribution in [2.24, 2.45) is 0 Å². The van der Waals surface area contributed by atoms with Gasteiger partial charge in [0, 0.05) is 6.07 Å². The molecule has 5 nitrogen and oxygen atoms in total. The van der Waals surface area contributed by atoms with E-state index in [2.05, 4.69) is 6.92 Å². The Bertz CT molecular complexity index is 1250. The van der Waals surface area contributed by atoms with Crippen LogP contribution in [0.4, 0.5) is 0 Å². The minimum absolute atomic E-state index is 0.332. The fraction of sp³-hybridized carbons (Fsp3) is 0.259. The molecular weight excluding hydrogens is 436 g/mol. The second kappa shape index (κ2) is 11.0. The molecule has 0 bridgehead atoms. The van der Waals surface area contributed by atoms with E-state index in [4.69, 9.17) is 13.9 Å². The number of rotatable bonds is 10. The minimum Gasteiger partial charge on any atom is -0.494 e. The molecule has 1 aromatic heterocycles. The number of carbonyl (C=O) groups excluding carboxylic acids is 1. The molecule has 170 valence electrons. The summed E-state index contributed by atoms with van der Waals surface area (Å²) < 4.78 is 17.1. The van der Waals surface area contributed by atoms with Crippen molar-refractivity contribution in [2.75, 3.05) is 6.61 Å². The summed E-state index contributed by atoms with van der Waals surface area (Å²) in [6.07, 6.45) is 6.09. The SMILES string of the molecule is CCCCCCCOc1ccc(-c2ccc(C(=O)Oc3ccc4sc(=O)oc4c3)cc2)cc1. The second-order valence-corrected chi connectivity index (χ2v) is 8.79. The number of esters is 1. The van der Waals surface area contributed by atoms with Crippen molar-refractivity contribution in [1.82, 2.24) is 0 Å². The Balaban J connectivity index is 1.33. The van der Waals surface area contributed by atoms with Crippen LogP contribution in [0.1, 0.15) is 49.4 Å². The van der Waals surface area contributed by atoms with E-state index in [-0.39, 0.29) is 4.94 Å². The average molecular weight is 463 g/mol. The molecule has 0 saturated heterocycles. The van der Waals surface area contributed by atoms with E-state index in [0.29, 0.717) is 21.6 Å². The van der Waals surface area contributed by atoms with Crippen LogP contribution in [0.5, 0.6) is 11.5 Å². The monoisotopic (exact) mass is 462 g/mol. The molecule has 1 heterocycles. The number of carbonyl (C=O) groups is 1. The maximum atomic E-state index is 12.5. The summed E-state index contributed by atoms with van der Waals surface area (Å²) in [4.78, 5) is 23.5. The molecule has 0 aliphatic carbocycles. The van der Waals surface area contributed by atoms with Crippen LogP contribution in [0.3, 0.4) is 0 Å². The van der Waals surface area contributed by atoms with E-state index in [9.17, 15) is 9.59 Å². The summed E-state index contributed by atoms with van der Waals surface area (Å²) >= 11 is 1.01. The number of hydrogen-bond donors (Lipinski definition) is 0. The third kappa shape index (κ3) is 6.11. The molecule has 0 unspecified atom stereocenters. The quantitative estimate of drug-likeness (QED) is 0.143. The molecule has 0 aliphatic rings. The minimum atomic E-state index is -0.471. The normalized spacial score (nSPS) is 10.9. The van der Waals surface area contributed by atoms with Gasteiger partial charge < -0.3 is 13.9 Å². The molecule has 0 radical (unpaired) electrons. The average Bonchev–Trinajstić information content (AvgIpc) is 3.21. The first-order valence-corrected chi connectivity index (χ1v) is 12.0. The van der Waals surface area contributed by atoms with Crippen molar-refractivity contribution in [2.45, 2.75) is 39.0 Å². The lowest BCUT2D eigenvalue weighted by Crippen LogP contribution is -2.08. The Morgan fingerprint density at radius 3 is 2.24 bits per heavy atom. The predicted molar refractivity (Wildman–Crippen MR) is 131 cm³/mol. The van der Waals surface area contributed by atoms with E-state index >= 15 is 0 Å². The van der Waals surface area contributed by atoms with Gasteiger partial charge in [-0.05, 0) is 53.9 Å². The van der Waals surface area contributed by atoms with Gasteiger partial charge >= 0.3 is 10.9 Å². The van der Waals surface area contributed by atoms with Crippen LogP contribution in [0.25, 0.3) is 21.4 Å². The zero-order chi connectivity index (χ0) is 23.0. The van der Waals surface area contributed by atoms with Gasteiger partial charge in [-0.15, -0.1) is 0 Å². The topological polar surface area (TPSA) is 65.7 Å². The lowest BCUT2D eigenvalue weighted by Gasteiger charge is -2.08. The largest absolute Gasteiger partial charge is 0.494 e. The van der Waals surface area contributed by atoms with E-state index in [0.717, 1.165) is 41.2 Å². The van der Waals surface area contributed by atoms with Gasteiger partial charge in [0.15, 0.2) is 5.58 Å². The van der Waals surface area contributed by atoms with Gasteiger partial charge in [-0.3, -0.25) is 0 Å². The summed E-state index contributed by atoms with van der Waals surface area (Å²) in [5, 5.41) is 0. The molecule has 6 heteroatoms. The number of fused-ring (bicyclic) bond motifs is 1. The maximum Gasteiger partial charge on any atom is 0.396 e. The van der Waals surface area contributed by atoms with Crippen LogP contribution in [-0.2, 0) is 0 Å². The summed E-state index contributed by atoms with van der Waals surface area (Å²) in [5.74, 6) is 0.730. The van der Waals surface area contributed by atoms with Crippen LogP contribution in [-0.4, -0.2) is 12.6 Å². The number of unbranched alkanes of at least 4 members (excludes halogenated alkanes) is 4. The lowest BCUT2D eigenvalue weighted by molar-refractivity contribution is 0.0735. The van der Waals surface area contributed by atoms with Crippen molar-refractivity contribution >= 4 is 27.6 Å². The van der Waals surface area contributed by atoms with Crippen molar-refractivity contribution in [3.8, 4) is 22.6 Å². The molecular formula is C27H26O5S. The van der Waals surface area contributed by atoms with Gasteiger partial charge in [-0.2, -0.15) is 0 Å². The van der Waals surface area contributed by atoms with E-state index in [1.807, 2.05) is 36.4 Å². The van der Waals surface area contributed by atoms with E-state index < -0.39 is 5.97 Å². The van der Waals surface area contributed by atoms with Crippen molar-refractivity contribution < 1.29 is 18.7 Å². The third-order valence-electron chi connectivity index (χ3n) is 5.34.